The predicted molar refractivity (Wildman–Crippen MR) is 77.7 cm³/mol. The van der Waals surface area contributed by atoms with Gasteiger partial charge >= 0.3 is 0 Å². The molecule has 0 bridgehead atoms. The van der Waals surface area contributed by atoms with Crippen molar-refractivity contribution in [2.24, 2.45) is 0 Å². The second-order valence-corrected chi connectivity index (χ2v) is 6.98. The molecule has 1 aliphatic rings. The van der Waals surface area contributed by atoms with Crippen LogP contribution in [-0.2, 0) is 10.0 Å². The Labute approximate surface area is 120 Å². The highest BCUT2D eigenvalue weighted by molar-refractivity contribution is 7.89. The summed E-state index contributed by atoms with van der Waals surface area (Å²) in [6.07, 6.45) is 6.42. The van der Waals surface area contributed by atoms with E-state index >= 15 is 0 Å². The molecule has 0 atom stereocenters. The van der Waals surface area contributed by atoms with E-state index in [0.29, 0.717) is 5.92 Å². The van der Waals surface area contributed by atoms with Crippen molar-refractivity contribution >= 4 is 10.0 Å². The Bertz CT molecular complexity index is 567. The summed E-state index contributed by atoms with van der Waals surface area (Å²) in [6.45, 7) is 0.156. The van der Waals surface area contributed by atoms with Crippen LogP contribution < -0.4 is 4.72 Å². The minimum Gasteiger partial charge on any atom is -0.210 e. The highest BCUT2D eigenvalue weighted by Crippen LogP contribution is 2.32. The summed E-state index contributed by atoms with van der Waals surface area (Å²) >= 11 is 0. The Hall–Kier alpha value is -1.38. The van der Waals surface area contributed by atoms with Crippen molar-refractivity contribution in [1.82, 2.24) is 4.72 Å². The first kappa shape index (κ1) is 15.0. The van der Waals surface area contributed by atoms with E-state index in [1.165, 1.54) is 37.7 Å². The number of rotatable bonds is 5. The highest BCUT2D eigenvalue weighted by atomic mass is 32.2. The summed E-state index contributed by atoms with van der Waals surface area (Å²) < 4.78 is 26.4. The molecule has 5 heteroatoms. The maximum absolute atomic E-state index is 12.0. The van der Waals surface area contributed by atoms with Gasteiger partial charge in [0, 0.05) is 13.0 Å². The topological polar surface area (TPSA) is 70.0 Å². The van der Waals surface area contributed by atoms with Crippen molar-refractivity contribution in [3.8, 4) is 6.07 Å². The Kier molecular flexibility index (Phi) is 5.16. The summed E-state index contributed by atoms with van der Waals surface area (Å²) in [5.74, 6) is 0.576. The number of hydrogen-bond acceptors (Lipinski definition) is 3. The normalized spacial score (nSPS) is 16.8. The molecule has 0 heterocycles. The van der Waals surface area contributed by atoms with Crippen LogP contribution in [-0.4, -0.2) is 15.0 Å². The summed E-state index contributed by atoms with van der Waals surface area (Å²) in [5.41, 5.74) is 1.24. The number of benzene rings is 1. The van der Waals surface area contributed by atoms with Gasteiger partial charge in [0.1, 0.15) is 0 Å². The van der Waals surface area contributed by atoms with Crippen LogP contribution in [0.1, 0.15) is 50.0 Å². The monoisotopic (exact) mass is 292 g/mol. The van der Waals surface area contributed by atoms with Crippen molar-refractivity contribution in [2.45, 2.75) is 49.3 Å². The minimum absolute atomic E-state index is 0.156. The molecule has 0 amide bonds. The molecule has 20 heavy (non-hydrogen) atoms. The molecule has 1 fully saturated rings. The lowest BCUT2D eigenvalue weighted by Gasteiger charge is -2.22. The molecular weight excluding hydrogens is 272 g/mol. The van der Waals surface area contributed by atoms with Crippen molar-refractivity contribution < 1.29 is 8.42 Å². The number of nitriles is 1. The van der Waals surface area contributed by atoms with Gasteiger partial charge in [0.25, 0.3) is 0 Å². The molecule has 1 aromatic carbocycles. The molecule has 0 unspecified atom stereocenters. The van der Waals surface area contributed by atoms with Gasteiger partial charge in [0.2, 0.25) is 10.0 Å². The largest absolute Gasteiger partial charge is 0.240 e. The van der Waals surface area contributed by atoms with Crippen molar-refractivity contribution in [3.63, 3.8) is 0 Å². The summed E-state index contributed by atoms with van der Waals surface area (Å²) in [6, 6.07) is 9.10. The van der Waals surface area contributed by atoms with Crippen molar-refractivity contribution in [1.29, 1.82) is 5.26 Å². The van der Waals surface area contributed by atoms with Crippen molar-refractivity contribution in [3.05, 3.63) is 29.8 Å². The number of hydrogen-bond donors (Lipinski definition) is 1. The Morgan fingerprint density at radius 3 is 2.40 bits per heavy atom. The molecule has 2 rings (SSSR count). The van der Waals surface area contributed by atoms with E-state index in [1.54, 1.807) is 12.1 Å². The van der Waals surface area contributed by atoms with Crippen LogP contribution in [0.5, 0.6) is 0 Å². The Morgan fingerprint density at radius 2 is 1.80 bits per heavy atom. The summed E-state index contributed by atoms with van der Waals surface area (Å²) in [5, 5.41) is 8.43. The first-order valence-corrected chi connectivity index (χ1v) is 8.58. The van der Waals surface area contributed by atoms with Gasteiger partial charge in [-0.3, -0.25) is 0 Å². The fraction of sp³-hybridized carbons (Fsp3) is 0.533. The summed E-state index contributed by atoms with van der Waals surface area (Å²) in [7, 11) is -3.48. The fourth-order valence-corrected chi connectivity index (χ4v) is 3.71. The van der Waals surface area contributed by atoms with Crippen LogP contribution in [0.15, 0.2) is 29.2 Å². The molecule has 1 N–H and O–H groups in total. The smallest absolute Gasteiger partial charge is 0.210 e. The maximum Gasteiger partial charge on any atom is 0.240 e. The maximum atomic E-state index is 12.0. The van der Waals surface area contributed by atoms with Crippen LogP contribution in [0, 0.1) is 11.3 Å². The molecule has 108 valence electrons. The molecule has 1 saturated carbocycles. The predicted octanol–water partition coefficient (Wildman–Crippen LogP) is 2.93. The average molecular weight is 292 g/mol. The highest BCUT2D eigenvalue weighted by Gasteiger charge is 2.17. The van der Waals surface area contributed by atoms with E-state index in [4.69, 9.17) is 5.26 Å². The van der Waals surface area contributed by atoms with Gasteiger partial charge in [0.15, 0.2) is 0 Å². The zero-order chi connectivity index (χ0) is 14.4. The number of nitrogens with one attached hydrogen (secondary N) is 1. The van der Waals surface area contributed by atoms with Crippen LogP contribution in [0.3, 0.4) is 0 Å². The number of sulfonamides is 1. The average Bonchev–Trinajstić information content (AvgIpc) is 2.48. The third-order valence-corrected chi connectivity index (χ3v) is 5.27. The second kappa shape index (κ2) is 6.87. The van der Waals surface area contributed by atoms with E-state index in [2.05, 4.69) is 4.72 Å². The van der Waals surface area contributed by atoms with E-state index in [1.807, 2.05) is 18.2 Å². The summed E-state index contributed by atoms with van der Waals surface area (Å²) in [4.78, 5) is 0.273. The van der Waals surface area contributed by atoms with Crippen LogP contribution in [0.4, 0.5) is 0 Å². The molecule has 1 aromatic rings. The zero-order valence-electron chi connectivity index (χ0n) is 11.5. The lowest BCUT2D eigenvalue weighted by Crippen LogP contribution is -2.24. The van der Waals surface area contributed by atoms with Crippen LogP contribution in [0.2, 0.25) is 0 Å². The second-order valence-electron chi connectivity index (χ2n) is 5.21. The third-order valence-electron chi connectivity index (χ3n) is 3.80. The SMILES string of the molecule is N#CCCNS(=O)(=O)c1ccc(C2CCCCC2)cc1. The molecule has 0 saturated heterocycles. The first-order chi connectivity index (χ1) is 9.63. The fourth-order valence-electron chi connectivity index (χ4n) is 2.68. The zero-order valence-corrected chi connectivity index (χ0v) is 12.3. The van der Waals surface area contributed by atoms with Crippen molar-refractivity contribution in [2.75, 3.05) is 6.54 Å². The Balaban J connectivity index is 2.05. The van der Waals surface area contributed by atoms with Crippen LogP contribution >= 0.6 is 0 Å². The van der Waals surface area contributed by atoms with E-state index < -0.39 is 10.0 Å². The third kappa shape index (κ3) is 3.81. The lowest BCUT2D eigenvalue weighted by molar-refractivity contribution is 0.443. The molecule has 1 aliphatic carbocycles. The minimum atomic E-state index is -3.48. The van der Waals surface area contributed by atoms with Gasteiger partial charge in [-0.25, -0.2) is 13.1 Å². The van der Waals surface area contributed by atoms with Gasteiger partial charge in [-0.15, -0.1) is 0 Å². The number of nitrogens with zero attached hydrogens (tertiary/aromatic N) is 1. The van der Waals surface area contributed by atoms with Crippen LogP contribution in [0.25, 0.3) is 0 Å². The van der Waals surface area contributed by atoms with E-state index in [0.717, 1.165) is 0 Å². The lowest BCUT2D eigenvalue weighted by atomic mass is 9.84. The van der Waals surface area contributed by atoms with Gasteiger partial charge in [-0.2, -0.15) is 5.26 Å². The van der Waals surface area contributed by atoms with E-state index in [9.17, 15) is 8.42 Å². The quantitative estimate of drug-likeness (QED) is 0.848. The van der Waals surface area contributed by atoms with Gasteiger partial charge in [-0.05, 0) is 36.5 Å². The molecule has 0 aliphatic heterocycles. The van der Waals surface area contributed by atoms with Gasteiger partial charge < -0.3 is 0 Å². The molecular formula is C15H20N2O2S. The molecule has 0 aromatic heterocycles. The van der Waals surface area contributed by atoms with E-state index in [-0.39, 0.29) is 17.9 Å². The first-order valence-electron chi connectivity index (χ1n) is 7.10. The molecule has 0 radical (unpaired) electrons. The molecule has 4 nitrogen and oxygen atoms in total. The standard InChI is InChI=1S/C15H20N2O2S/c16-11-4-12-17-20(18,19)15-9-7-14(8-10-15)13-5-2-1-3-6-13/h7-10,13,17H,1-6,12H2. The Morgan fingerprint density at radius 1 is 1.15 bits per heavy atom. The van der Waals surface area contributed by atoms with Gasteiger partial charge in [-0.1, -0.05) is 31.4 Å². The molecule has 0 spiro atoms. The van der Waals surface area contributed by atoms with Gasteiger partial charge in [0.05, 0.1) is 11.0 Å².